The van der Waals surface area contributed by atoms with Crippen LogP contribution in [-0.4, -0.2) is 14.5 Å². The van der Waals surface area contributed by atoms with E-state index in [1.165, 1.54) is 5.57 Å². The Kier molecular flexibility index (Phi) is 2.72. The van der Waals surface area contributed by atoms with E-state index in [9.17, 15) is 8.42 Å². The van der Waals surface area contributed by atoms with Gasteiger partial charge in [0.25, 0.3) is 10.0 Å². The van der Waals surface area contributed by atoms with Gasteiger partial charge in [-0.2, -0.15) is 0 Å². The van der Waals surface area contributed by atoms with Crippen LogP contribution in [0, 0.1) is 11.3 Å². The van der Waals surface area contributed by atoms with Gasteiger partial charge in [0.15, 0.2) is 0 Å². The van der Waals surface area contributed by atoms with Crippen molar-refractivity contribution in [2.75, 3.05) is 4.31 Å². The zero-order valence-electron chi connectivity index (χ0n) is 13.2. The van der Waals surface area contributed by atoms with E-state index >= 15 is 0 Å². The Balaban J connectivity index is 1.96. The first-order valence-electron chi connectivity index (χ1n) is 7.83. The molecule has 0 spiro atoms. The molecule has 1 aliphatic carbocycles. The SMILES string of the molecule is CC1=C[C@@H]2C(=CC1)S(=O)(=O)N1c3ccccc3C[C@@H]1C2(C)C. The molecule has 0 aromatic heterocycles. The van der Waals surface area contributed by atoms with E-state index in [1.54, 1.807) is 4.31 Å². The lowest BCUT2D eigenvalue weighted by atomic mass is 9.69. The summed E-state index contributed by atoms with van der Waals surface area (Å²) in [6, 6.07) is 7.91. The van der Waals surface area contributed by atoms with E-state index in [2.05, 4.69) is 32.9 Å². The lowest BCUT2D eigenvalue weighted by Gasteiger charge is -2.49. The van der Waals surface area contributed by atoms with Crippen LogP contribution in [0.15, 0.2) is 46.9 Å². The molecule has 0 bridgehead atoms. The summed E-state index contributed by atoms with van der Waals surface area (Å²) >= 11 is 0. The highest BCUT2D eigenvalue weighted by atomic mass is 32.2. The van der Waals surface area contributed by atoms with Crippen molar-refractivity contribution in [2.24, 2.45) is 11.3 Å². The number of rotatable bonds is 0. The van der Waals surface area contributed by atoms with Gasteiger partial charge in [-0.1, -0.05) is 49.8 Å². The molecule has 3 aliphatic rings. The van der Waals surface area contributed by atoms with E-state index in [4.69, 9.17) is 0 Å². The minimum Gasteiger partial charge on any atom is -0.262 e. The van der Waals surface area contributed by atoms with Crippen molar-refractivity contribution in [1.29, 1.82) is 0 Å². The highest BCUT2D eigenvalue weighted by Crippen LogP contribution is 2.54. The molecular formula is C18H21NO2S. The van der Waals surface area contributed by atoms with Gasteiger partial charge in [-0.3, -0.25) is 4.31 Å². The topological polar surface area (TPSA) is 37.4 Å². The summed E-state index contributed by atoms with van der Waals surface area (Å²) in [5, 5.41) is 0. The minimum absolute atomic E-state index is 0.000741. The number of sulfonamides is 1. The molecule has 2 atom stereocenters. The summed E-state index contributed by atoms with van der Waals surface area (Å²) < 4.78 is 28.1. The van der Waals surface area contributed by atoms with Crippen LogP contribution < -0.4 is 4.31 Å². The number of anilines is 1. The molecule has 0 unspecified atom stereocenters. The lowest BCUT2D eigenvalue weighted by molar-refractivity contribution is 0.228. The quantitative estimate of drug-likeness (QED) is 0.686. The Morgan fingerprint density at radius 1 is 1.23 bits per heavy atom. The molecule has 0 radical (unpaired) electrons. The Hall–Kier alpha value is -1.55. The van der Waals surface area contributed by atoms with Gasteiger partial charge < -0.3 is 0 Å². The molecule has 22 heavy (non-hydrogen) atoms. The smallest absolute Gasteiger partial charge is 0.261 e. The maximum atomic E-state index is 13.2. The minimum atomic E-state index is -3.42. The van der Waals surface area contributed by atoms with Crippen LogP contribution in [-0.2, 0) is 16.4 Å². The highest BCUT2D eigenvalue weighted by Gasteiger charge is 2.56. The molecule has 4 rings (SSSR count). The fraction of sp³-hybridized carbons (Fsp3) is 0.444. The third-order valence-electron chi connectivity index (χ3n) is 5.53. The monoisotopic (exact) mass is 315 g/mol. The van der Waals surface area contributed by atoms with E-state index < -0.39 is 10.0 Å². The molecule has 0 saturated carbocycles. The van der Waals surface area contributed by atoms with Crippen molar-refractivity contribution in [1.82, 2.24) is 0 Å². The van der Waals surface area contributed by atoms with Crippen LogP contribution in [0.1, 0.15) is 32.8 Å². The first-order valence-corrected chi connectivity index (χ1v) is 9.27. The molecule has 1 aromatic carbocycles. The zero-order valence-corrected chi connectivity index (χ0v) is 14.0. The molecule has 4 heteroatoms. The Morgan fingerprint density at radius 3 is 2.73 bits per heavy atom. The normalized spacial score (nSPS) is 30.8. The molecule has 1 aromatic rings. The van der Waals surface area contributed by atoms with Crippen LogP contribution in [0.2, 0.25) is 0 Å². The number of nitrogens with zero attached hydrogens (tertiary/aromatic N) is 1. The standard InChI is InChI=1S/C18H21NO2S/c1-12-8-9-16-14(10-12)18(2,3)17-11-13-6-4-5-7-15(13)19(17)22(16,20)21/h4-7,9-10,14,17H,8,11H2,1-3H3/t14-,17-/m1/s1. The molecule has 0 N–H and O–H groups in total. The fourth-order valence-corrected chi connectivity index (χ4v) is 6.54. The van der Waals surface area contributed by atoms with Crippen LogP contribution in [0.25, 0.3) is 0 Å². The van der Waals surface area contributed by atoms with E-state index in [0.717, 1.165) is 24.1 Å². The molecule has 2 heterocycles. The van der Waals surface area contributed by atoms with Gasteiger partial charge in [0, 0.05) is 5.92 Å². The van der Waals surface area contributed by atoms with Gasteiger partial charge in [-0.05, 0) is 36.8 Å². The van der Waals surface area contributed by atoms with Crippen LogP contribution in [0.3, 0.4) is 0 Å². The van der Waals surface area contributed by atoms with E-state index in [1.807, 2.05) is 24.3 Å². The Labute approximate surface area is 132 Å². The number of para-hydroxylation sites is 1. The molecule has 1 saturated heterocycles. The molecule has 0 amide bonds. The molecule has 116 valence electrons. The highest BCUT2D eigenvalue weighted by molar-refractivity contribution is 7.96. The maximum Gasteiger partial charge on any atom is 0.261 e. The first kappa shape index (κ1) is 14.1. The van der Waals surface area contributed by atoms with Crippen molar-refractivity contribution in [3.63, 3.8) is 0 Å². The average molecular weight is 315 g/mol. The second-order valence-electron chi connectivity index (χ2n) is 7.27. The maximum absolute atomic E-state index is 13.2. The number of allylic oxidation sites excluding steroid dienone is 4. The third-order valence-corrected chi connectivity index (χ3v) is 7.51. The Morgan fingerprint density at radius 2 is 1.95 bits per heavy atom. The number of hydrogen-bond acceptors (Lipinski definition) is 2. The van der Waals surface area contributed by atoms with E-state index in [0.29, 0.717) is 4.91 Å². The third kappa shape index (κ3) is 1.64. The summed E-state index contributed by atoms with van der Waals surface area (Å²) in [6.45, 7) is 6.50. The first-order chi connectivity index (χ1) is 10.3. The summed E-state index contributed by atoms with van der Waals surface area (Å²) in [5.41, 5.74) is 3.16. The van der Waals surface area contributed by atoms with Crippen molar-refractivity contribution >= 4 is 15.7 Å². The zero-order chi connectivity index (χ0) is 15.7. The largest absolute Gasteiger partial charge is 0.262 e. The summed E-state index contributed by atoms with van der Waals surface area (Å²) in [5.74, 6) is -0.0122. The summed E-state index contributed by atoms with van der Waals surface area (Å²) in [7, 11) is -3.42. The molecule has 1 fully saturated rings. The van der Waals surface area contributed by atoms with Gasteiger partial charge in [0.05, 0.1) is 16.6 Å². The molecule has 2 aliphatic heterocycles. The van der Waals surface area contributed by atoms with Crippen molar-refractivity contribution in [3.8, 4) is 0 Å². The van der Waals surface area contributed by atoms with Crippen LogP contribution in [0.5, 0.6) is 0 Å². The fourth-order valence-electron chi connectivity index (χ4n) is 4.21. The van der Waals surface area contributed by atoms with Gasteiger partial charge >= 0.3 is 0 Å². The van der Waals surface area contributed by atoms with Gasteiger partial charge in [-0.15, -0.1) is 0 Å². The van der Waals surface area contributed by atoms with Crippen LogP contribution >= 0.6 is 0 Å². The second-order valence-corrected chi connectivity index (χ2v) is 9.09. The van der Waals surface area contributed by atoms with Crippen molar-refractivity contribution < 1.29 is 8.42 Å². The second kappa shape index (κ2) is 4.25. The Bertz CT molecular complexity index is 817. The predicted molar refractivity (Wildman–Crippen MR) is 89.1 cm³/mol. The molecular weight excluding hydrogens is 294 g/mol. The van der Waals surface area contributed by atoms with Gasteiger partial charge in [0.2, 0.25) is 0 Å². The summed E-state index contributed by atoms with van der Waals surface area (Å²) in [4.78, 5) is 0.594. The number of fused-ring (bicyclic) bond motifs is 4. The van der Waals surface area contributed by atoms with E-state index in [-0.39, 0.29) is 17.4 Å². The van der Waals surface area contributed by atoms with Crippen molar-refractivity contribution in [3.05, 3.63) is 52.5 Å². The number of benzene rings is 1. The van der Waals surface area contributed by atoms with Gasteiger partial charge in [-0.25, -0.2) is 8.42 Å². The molecule has 3 nitrogen and oxygen atoms in total. The average Bonchev–Trinajstić information content (AvgIpc) is 2.87. The van der Waals surface area contributed by atoms with Gasteiger partial charge in [0.1, 0.15) is 0 Å². The van der Waals surface area contributed by atoms with Crippen LogP contribution in [0.4, 0.5) is 5.69 Å². The summed E-state index contributed by atoms with van der Waals surface area (Å²) in [6.07, 6.45) is 5.64. The van der Waals surface area contributed by atoms with Crippen molar-refractivity contribution in [2.45, 2.75) is 39.7 Å². The predicted octanol–water partition coefficient (Wildman–Crippen LogP) is 3.64. The lowest BCUT2D eigenvalue weighted by Crippen LogP contribution is -2.56. The number of hydrogen-bond donors (Lipinski definition) is 0.